The average molecular weight is 295 g/mol. The molecule has 0 spiro atoms. The summed E-state index contributed by atoms with van der Waals surface area (Å²) >= 11 is 0. The Morgan fingerprint density at radius 2 is 1.90 bits per heavy atom. The van der Waals surface area contributed by atoms with Gasteiger partial charge in [-0.05, 0) is 31.7 Å². The summed E-state index contributed by atoms with van der Waals surface area (Å²) in [5.74, 6) is 0.826. The number of imide groups is 1. The first kappa shape index (κ1) is 16.8. The maximum atomic E-state index is 11.7. The zero-order chi connectivity index (χ0) is 16.0. The van der Waals surface area contributed by atoms with Gasteiger partial charge in [0.25, 0.3) is 0 Å². The van der Waals surface area contributed by atoms with E-state index in [-0.39, 0.29) is 0 Å². The highest BCUT2D eigenvalue weighted by Crippen LogP contribution is 2.28. The number of nitrogens with two attached hydrogens (primary N) is 1. The van der Waals surface area contributed by atoms with Gasteiger partial charge < -0.3 is 15.2 Å². The fourth-order valence-electron chi connectivity index (χ4n) is 1.83. The minimum Gasteiger partial charge on any atom is -0.493 e. The maximum absolute atomic E-state index is 11.7. The number of hydrogen-bond donors (Lipinski definition) is 2. The van der Waals surface area contributed by atoms with E-state index in [1.54, 1.807) is 39.2 Å². The van der Waals surface area contributed by atoms with Gasteiger partial charge in [0.2, 0.25) is 5.91 Å². The molecule has 0 radical (unpaired) electrons. The molecule has 0 aliphatic carbocycles. The molecular formula is C14H21N3O4. The SMILES string of the molecule is COc1ccc(CN(C)[C@H](C)C(=O)NC(N)=O)cc1OC. The fraction of sp³-hybridized carbons (Fsp3) is 0.429. The van der Waals surface area contributed by atoms with Crippen molar-refractivity contribution in [3.63, 3.8) is 0 Å². The lowest BCUT2D eigenvalue weighted by molar-refractivity contribution is -0.124. The number of methoxy groups -OCH3 is 2. The lowest BCUT2D eigenvalue weighted by Gasteiger charge is -2.23. The molecule has 0 saturated carbocycles. The largest absolute Gasteiger partial charge is 0.493 e. The standard InChI is InChI=1S/C14H21N3O4/c1-9(13(18)16-14(15)19)17(2)8-10-5-6-11(20-3)12(7-10)21-4/h5-7,9H,8H2,1-4H3,(H3,15,16,18,19)/t9-/m1/s1. The van der Waals surface area contributed by atoms with E-state index in [4.69, 9.17) is 15.2 Å². The molecule has 3 amide bonds. The molecule has 7 heteroatoms. The van der Waals surface area contributed by atoms with Crippen molar-refractivity contribution in [1.29, 1.82) is 0 Å². The number of rotatable bonds is 6. The number of ether oxygens (including phenoxy) is 2. The van der Waals surface area contributed by atoms with Gasteiger partial charge in [-0.1, -0.05) is 6.07 Å². The Kier molecular flexibility index (Phi) is 5.98. The van der Waals surface area contributed by atoms with Gasteiger partial charge in [0, 0.05) is 6.54 Å². The quantitative estimate of drug-likeness (QED) is 0.806. The van der Waals surface area contributed by atoms with Crippen molar-refractivity contribution in [2.45, 2.75) is 19.5 Å². The molecule has 0 heterocycles. The van der Waals surface area contributed by atoms with Gasteiger partial charge in [-0.25, -0.2) is 4.79 Å². The van der Waals surface area contributed by atoms with E-state index in [1.807, 2.05) is 12.1 Å². The van der Waals surface area contributed by atoms with Crippen LogP contribution in [0, 0.1) is 0 Å². The molecule has 0 bridgehead atoms. The number of benzene rings is 1. The Morgan fingerprint density at radius 3 is 2.43 bits per heavy atom. The molecule has 0 saturated heterocycles. The summed E-state index contributed by atoms with van der Waals surface area (Å²) in [6.07, 6.45) is 0. The van der Waals surface area contributed by atoms with Crippen LogP contribution >= 0.6 is 0 Å². The molecule has 21 heavy (non-hydrogen) atoms. The first-order valence-corrected chi connectivity index (χ1v) is 6.40. The summed E-state index contributed by atoms with van der Waals surface area (Å²) in [5.41, 5.74) is 5.89. The van der Waals surface area contributed by atoms with Gasteiger partial charge in [0.15, 0.2) is 11.5 Å². The molecule has 1 aromatic carbocycles. The van der Waals surface area contributed by atoms with Crippen molar-refractivity contribution in [3.05, 3.63) is 23.8 Å². The molecule has 3 N–H and O–H groups in total. The van der Waals surface area contributed by atoms with Gasteiger partial charge in [-0.15, -0.1) is 0 Å². The van der Waals surface area contributed by atoms with Crippen molar-refractivity contribution in [1.82, 2.24) is 10.2 Å². The second kappa shape index (κ2) is 7.49. The Morgan fingerprint density at radius 1 is 1.29 bits per heavy atom. The van der Waals surface area contributed by atoms with Gasteiger partial charge >= 0.3 is 6.03 Å². The lowest BCUT2D eigenvalue weighted by atomic mass is 10.1. The number of primary amides is 1. The smallest absolute Gasteiger partial charge is 0.318 e. The molecule has 1 aromatic rings. The average Bonchev–Trinajstić information content (AvgIpc) is 2.45. The van der Waals surface area contributed by atoms with E-state index in [0.29, 0.717) is 18.0 Å². The number of carbonyl (C=O) groups is 2. The Hall–Kier alpha value is -2.28. The first-order valence-electron chi connectivity index (χ1n) is 6.40. The van der Waals surface area contributed by atoms with Gasteiger partial charge in [0.05, 0.1) is 20.3 Å². The van der Waals surface area contributed by atoms with Crippen LogP contribution < -0.4 is 20.5 Å². The Balaban J connectivity index is 2.76. The predicted molar refractivity (Wildman–Crippen MR) is 78.2 cm³/mol. The second-order valence-corrected chi connectivity index (χ2v) is 4.63. The van der Waals surface area contributed by atoms with Crippen LogP contribution in [0.25, 0.3) is 0 Å². The fourth-order valence-corrected chi connectivity index (χ4v) is 1.83. The third-order valence-corrected chi connectivity index (χ3v) is 3.17. The molecule has 7 nitrogen and oxygen atoms in total. The van der Waals surface area contributed by atoms with Gasteiger partial charge in [-0.3, -0.25) is 15.0 Å². The van der Waals surface area contributed by atoms with Crippen molar-refractivity contribution >= 4 is 11.9 Å². The van der Waals surface area contributed by atoms with Crippen molar-refractivity contribution < 1.29 is 19.1 Å². The normalized spacial score (nSPS) is 11.9. The Bertz CT molecular complexity index is 519. The van der Waals surface area contributed by atoms with Gasteiger partial charge in [0.1, 0.15) is 0 Å². The lowest BCUT2D eigenvalue weighted by Crippen LogP contribution is -2.46. The molecule has 116 valence electrons. The number of nitrogens with one attached hydrogen (secondary N) is 1. The van der Waals surface area contributed by atoms with Crippen molar-refractivity contribution in [3.8, 4) is 11.5 Å². The highest BCUT2D eigenvalue weighted by molar-refractivity contribution is 5.96. The number of urea groups is 1. The van der Waals surface area contributed by atoms with Gasteiger partial charge in [-0.2, -0.15) is 0 Å². The summed E-state index contributed by atoms with van der Waals surface area (Å²) in [6, 6.07) is 4.18. The zero-order valence-electron chi connectivity index (χ0n) is 12.7. The van der Waals surface area contributed by atoms with Crippen LogP contribution in [0.3, 0.4) is 0 Å². The topological polar surface area (TPSA) is 93.9 Å². The van der Waals surface area contributed by atoms with Crippen LogP contribution in [0.15, 0.2) is 18.2 Å². The molecule has 1 rings (SSSR count). The number of likely N-dealkylation sites (N-methyl/N-ethyl adjacent to an activating group) is 1. The summed E-state index contributed by atoms with van der Waals surface area (Å²) in [4.78, 5) is 24.2. The summed E-state index contributed by atoms with van der Waals surface area (Å²) in [5, 5.41) is 2.06. The van der Waals surface area contributed by atoms with Crippen LogP contribution in [0.4, 0.5) is 4.79 Å². The number of nitrogens with zero attached hydrogens (tertiary/aromatic N) is 1. The number of amides is 3. The molecule has 0 fully saturated rings. The zero-order valence-corrected chi connectivity index (χ0v) is 12.7. The van der Waals surface area contributed by atoms with E-state index >= 15 is 0 Å². The molecule has 0 aromatic heterocycles. The van der Waals surface area contributed by atoms with Crippen LogP contribution in [0.5, 0.6) is 11.5 Å². The maximum Gasteiger partial charge on any atom is 0.318 e. The molecule has 0 unspecified atom stereocenters. The van der Waals surface area contributed by atoms with Crippen molar-refractivity contribution in [2.75, 3.05) is 21.3 Å². The molecule has 1 atom stereocenters. The number of carbonyl (C=O) groups excluding carboxylic acids is 2. The number of hydrogen-bond acceptors (Lipinski definition) is 5. The Labute approximate surface area is 124 Å². The van der Waals surface area contributed by atoms with Crippen LogP contribution in [0.1, 0.15) is 12.5 Å². The summed E-state index contributed by atoms with van der Waals surface area (Å²) < 4.78 is 10.4. The molecule has 0 aliphatic rings. The van der Waals surface area contributed by atoms with E-state index in [9.17, 15) is 9.59 Å². The van der Waals surface area contributed by atoms with Crippen molar-refractivity contribution in [2.24, 2.45) is 5.73 Å². The van der Waals surface area contributed by atoms with E-state index in [0.717, 1.165) is 5.56 Å². The third kappa shape index (κ3) is 4.64. The highest BCUT2D eigenvalue weighted by Gasteiger charge is 2.19. The van der Waals surface area contributed by atoms with E-state index in [2.05, 4.69) is 5.32 Å². The van der Waals surface area contributed by atoms with E-state index in [1.165, 1.54) is 0 Å². The van der Waals surface area contributed by atoms with E-state index < -0.39 is 18.0 Å². The summed E-state index contributed by atoms with van der Waals surface area (Å²) in [7, 11) is 4.91. The third-order valence-electron chi connectivity index (χ3n) is 3.17. The molecule has 0 aliphatic heterocycles. The van der Waals surface area contributed by atoms with Crippen LogP contribution in [-0.4, -0.2) is 44.1 Å². The van der Waals surface area contributed by atoms with Crippen LogP contribution in [0.2, 0.25) is 0 Å². The minimum atomic E-state index is -0.855. The minimum absolute atomic E-state index is 0.439. The first-order chi connectivity index (χ1) is 9.88. The highest BCUT2D eigenvalue weighted by atomic mass is 16.5. The predicted octanol–water partition coefficient (Wildman–Crippen LogP) is 0.719. The molecular weight excluding hydrogens is 274 g/mol. The second-order valence-electron chi connectivity index (χ2n) is 4.63. The summed E-state index contributed by atoms with van der Waals surface area (Å²) in [6.45, 7) is 2.20. The monoisotopic (exact) mass is 295 g/mol. The van der Waals surface area contributed by atoms with Crippen LogP contribution in [-0.2, 0) is 11.3 Å².